The molecule has 2 heterocycles. The molecule has 0 bridgehead atoms. The summed E-state index contributed by atoms with van der Waals surface area (Å²) in [5.74, 6) is 1.09. The first kappa shape index (κ1) is 11.1. The third kappa shape index (κ3) is 2.41. The number of hydrogen-bond donors (Lipinski definition) is 2. The molecule has 1 atom stereocenters. The summed E-state index contributed by atoms with van der Waals surface area (Å²) in [5.41, 5.74) is 4.99. The monoisotopic (exact) mass is 242 g/mol. The summed E-state index contributed by atoms with van der Waals surface area (Å²) in [6, 6.07) is 1.67. The summed E-state index contributed by atoms with van der Waals surface area (Å²) in [5, 5.41) is 3.10. The maximum absolute atomic E-state index is 11.4. The number of sulfone groups is 1. The molecule has 16 heavy (non-hydrogen) atoms. The van der Waals surface area contributed by atoms with Crippen LogP contribution in [0.4, 0.5) is 11.8 Å². The second-order valence-corrected chi connectivity index (χ2v) is 6.51. The first-order chi connectivity index (χ1) is 7.39. The summed E-state index contributed by atoms with van der Waals surface area (Å²) < 4.78 is 22.8. The smallest absolute Gasteiger partial charge is 0.221 e. The fourth-order valence-corrected chi connectivity index (χ4v) is 3.95. The molecule has 0 spiro atoms. The van der Waals surface area contributed by atoms with Crippen molar-refractivity contribution >= 4 is 21.6 Å². The van der Waals surface area contributed by atoms with Gasteiger partial charge in [-0.1, -0.05) is 0 Å². The van der Waals surface area contributed by atoms with Crippen LogP contribution in [0.3, 0.4) is 0 Å². The predicted molar refractivity (Wildman–Crippen MR) is 61.7 cm³/mol. The molecule has 0 saturated carbocycles. The Morgan fingerprint density at radius 1 is 1.56 bits per heavy atom. The van der Waals surface area contributed by atoms with E-state index in [0.717, 1.165) is 0 Å². The Bertz CT molecular complexity index is 502. The van der Waals surface area contributed by atoms with E-state index >= 15 is 0 Å². The van der Waals surface area contributed by atoms with Gasteiger partial charge in [-0.3, -0.25) is 0 Å². The Kier molecular flexibility index (Phi) is 2.49. The normalized spacial score (nSPS) is 27.8. The maximum Gasteiger partial charge on any atom is 0.221 e. The van der Waals surface area contributed by atoms with Crippen LogP contribution >= 0.6 is 0 Å². The van der Waals surface area contributed by atoms with E-state index in [1.165, 1.54) is 6.20 Å². The van der Waals surface area contributed by atoms with Gasteiger partial charge >= 0.3 is 0 Å². The Labute approximate surface area is 94.2 Å². The van der Waals surface area contributed by atoms with Crippen molar-refractivity contribution in [1.82, 2.24) is 9.97 Å². The van der Waals surface area contributed by atoms with E-state index in [9.17, 15) is 8.42 Å². The van der Waals surface area contributed by atoms with Gasteiger partial charge in [0.05, 0.1) is 17.0 Å². The zero-order chi connectivity index (χ0) is 11.8. The van der Waals surface area contributed by atoms with Crippen molar-refractivity contribution in [2.45, 2.75) is 18.9 Å². The van der Waals surface area contributed by atoms with Gasteiger partial charge in [0, 0.05) is 6.20 Å². The number of nitrogens with zero attached hydrogens (tertiary/aromatic N) is 2. The van der Waals surface area contributed by atoms with Gasteiger partial charge in [0.2, 0.25) is 5.95 Å². The van der Waals surface area contributed by atoms with Gasteiger partial charge in [-0.25, -0.2) is 13.4 Å². The molecular formula is C9H14N4O2S. The first-order valence-corrected chi connectivity index (χ1v) is 6.78. The quantitative estimate of drug-likeness (QED) is 0.760. The van der Waals surface area contributed by atoms with Crippen molar-refractivity contribution in [3.05, 3.63) is 12.3 Å². The van der Waals surface area contributed by atoms with Crippen LogP contribution in [0.5, 0.6) is 0 Å². The highest BCUT2D eigenvalue weighted by Crippen LogP contribution is 2.26. The molecular weight excluding hydrogens is 228 g/mol. The number of aromatic nitrogens is 2. The lowest BCUT2D eigenvalue weighted by Gasteiger charge is -2.24. The highest BCUT2D eigenvalue weighted by atomic mass is 32.2. The summed E-state index contributed by atoms with van der Waals surface area (Å²) in [7, 11) is -2.92. The third-order valence-electron chi connectivity index (χ3n) is 2.61. The van der Waals surface area contributed by atoms with E-state index in [-0.39, 0.29) is 17.5 Å². The van der Waals surface area contributed by atoms with Crippen LogP contribution in [0.2, 0.25) is 0 Å². The zero-order valence-electron chi connectivity index (χ0n) is 8.97. The predicted octanol–water partition coefficient (Wildman–Crippen LogP) is 0.0479. The molecule has 2 rings (SSSR count). The van der Waals surface area contributed by atoms with Crippen molar-refractivity contribution in [3.8, 4) is 0 Å². The van der Waals surface area contributed by atoms with Crippen molar-refractivity contribution in [3.63, 3.8) is 0 Å². The molecule has 1 aliphatic rings. The van der Waals surface area contributed by atoms with Crippen molar-refractivity contribution in [2.75, 3.05) is 22.6 Å². The second-order valence-electron chi connectivity index (χ2n) is 4.33. The second kappa shape index (κ2) is 3.58. The number of nitrogens with one attached hydrogen (secondary N) is 1. The zero-order valence-corrected chi connectivity index (χ0v) is 9.79. The van der Waals surface area contributed by atoms with E-state index in [4.69, 9.17) is 5.73 Å². The number of nitrogen functional groups attached to an aromatic ring is 1. The van der Waals surface area contributed by atoms with Crippen LogP contribution in [0.1, 0.15) is 13.3 Å². The van der Waals surface area contributed by atoms with Crippen LogP contribution in [-0.4, -0.2) is 35.4 Å². The molecule has 1 aromatic rings. The van der Waals surface area contributed by atoms with Gasteiger partial charge in [0.1, 0.15) is 5.82 Å². The molecule has 1 aromatic heterocycles. The number of hydrogen-bond acceptors (Lipinski definition) is 6. The van der Waals surface area contributed by atoms with Gasteiger partial charge in [-0.05, 0) is 19.4 Å². The summed E-state index contributed by atoms with van der Waals surface area (Å²) in [6.45, 7) is 1.87. The minimum absolute atomic E-state index is 0.129. The van der Waals surface area contributed by atoms with Gasteiger partial charge in [-0.15, -0.1) is 0 Å². The van der Waals surface area contributed by atoms with Crippen LogP contribution in [-0.2, 0) is 9.84 Å². The van der Waals surface area contributed by atoms with E-state index in [0.29, 0.717) is 12.2 Å². The number of nitrogens with two attached hydrogens (primary N) is 1. The highest BCUT2D eigenvalue weighted by molar-refractivity contribution is 7.91. The molecule has 0 aliphatic carbocycles. The SMILES string of the molecule is CC1(Nc2ccnc(N)n2)CCS(=O)(=O)C1. The fraction of sp³-hybridized carbons (Fsp3) is 0.556. The van der Waals surface area contributed by atoms with E-state index in [2.05, 4.69) is 15.3 Å². The van der Waals surface area contributed by atoms with Gasteiger partial charge in [0.25, 0.3) is 0 Å². The molecule has 3 N–H and O–H groups in total. The lowest BCUT2D eigenvalue weighted by Crippen LogP contribution is -2.36. The van der Waals surface area contributed by atoms with E-state index in [1.54, 1.807) is 6.07 Å². The average molecular weight is 242 g/mol. The van der Waals surface area contributed by atoms with Crippen LogP contribution in [0.25, 0.3) is 0 Å². The van der Waals surface area contributed by atoms with Gasteiger partial charge in [0.15, 0.2) is 9.84 Å². The topological polar surface area (TPSA) is 98.0 Å². The molecule has 1 aliphatic heterocycles. The molecule has 1 fully saturated rings. The summed E-state index contributed by atoms with van der Waals surface area (Å²) >= 11 is 0. The van der Waals surface area contributed by atoms with Crippen LogP contribution in [0, 0.1) is 0 Å². The van der Waals surface area contributed by atoms with Crippen molar-refractivity contribution < 1.29 is 8.42 Å². The Balaban J connectivity index is 2.16. The molecule has 0 amide bonds. The molecule has 6 nitrogen and oxygen atoms in total. The lowest BCUT2D eigenvalue weighted by molar-refractivity contribution is 0.572. The van der Waals surface area contributed by atoms with Crippen molar-refractivity contribution in [1.29, 1.82) is 0 Å². The molecule has 0 aromatic carbocycles. The largest absolute Gasteiger partial charge is 0.368 e. The molecule has 1 saturated heterocycles. The minimum atomic E-state index is -2.92. The van der Waals surface area contributed by atoms with Crippen molar-refractivity contribution in [2.24, 2.45) is 0 Å². The molecule has 1 unspecified atom stereocenters. The Morgan fingerprint density at radius 2 is 2.31 bits per heavy atom. The highest BCUT2D eigenvalue weighted by Gasteiger charge is 2.38. The van der Waals surface area contributed by atoms with Gasteiger partial charge in [-0.2, -0.15) is 4.98 Å². The lowest BCUT2D eigenvalue weighted by atomic mass is 10.0. The summed E-state index contributed by atoms with van der Waals surface area (Å²) in [6.07, 6.45) is 2.12. The third-order valence-corrected chi connectivity index (χ3v) is 4.51. The molecule has 7 heteroatoms. The first-order valence-electron chi connectivity index (χ1n) is 4.96. The van der Waals surface area contributed by atoms with E-state index in [1.807, 2.05) is 6.92 Å². The fourth-order valence-electron chi connectivity index (χ4n) is 1.86. The Hall–Kier alpha value is -1.37. The Morgan fingerprint density at radius 3 is 2.88 bits per heavy atom. The minimum Gasteiger partial charge on any atom is -0.368 e. The van der Waals surface area contributed by atoms with Crippen LogP contribution < -0.4 is 11.1 Å². The average Bonchev–Trinajstić information content (AvgIpc) is 2.40. The number of rotatable bonds is 2. The summed E-state index contributed by atoms with van der Waals surface area (Å²) in [4.78, 5) is 7.76. The van der Waals surface area contributed by atoms with Crippen LogP contribution in [0.15, 0.2) is 12.3 Å². The van der Waals surface area contributed by atoms with E-state index < -0.39 is 15.4 Å². The standard InChI is InChI=1S/C9H14N4O2S/c1-9(3-5-16(14,15)6-9)13-7-2-4-11-8(10)12-7/h2,4H,3,5-6H2,1H3,(H3,10,11,12,13). The molecule has 88 valence electrons. The van der Waals surface area contributed by atoms with Gasteiger partial charge < -0.3 is 11.1 Å². The molecule has 0 radical (unpaired) electrons. The number of anilines is 2. The maximum atomic E-state index is 11.4.